The first-order chi connectivity index (χ1) is 17.2. The third-order valence-electron chi connectivity index (χ3n) is 8.11. The summed E-state index contributed by atoms with van der Waals surface area (Å²) in [4.78, 5) is 17.7. The molecule has 5 heteroatoms. The zero-order valence-electron chi connectivity index (χ0n) is 22.6. The van der Waals surface area contributed by atoms with Gasteiger partial charge in [-0.15, -0.1) is 0 Å². The summed E-state index contributed by atoms with van der Waals surface area (Å²) in [6.07, 6.45) is 1.93. The number of rotatable bonds is 6. The number of nitrogens with two attached hydrogens (primary N) is 1. The minimum absolute atomic E-state index is 0.131. The highest BCUT2D eigenvalue weighted by Crippen LogP contribution is 2.33. The van der Waals surface area contributed by atoms with E-state index in [0.717, 1.165) is 59.6 Å². The Bertz CT molecular complexity index is 1180. The number of carbonyl (C=O) groups excluding carboxylic acids is 1. The van der Waals surface area contributed by atoms with Crippen LogP contribution in [0.3, 0.4) is 0 Å². The van der Waals surface area contributed by atoms with Crippen LogP contribution in [0, 0.1) is 27.7 Å². The van der Waals surface area contributed by atoms with Crippen molar-refractivity contribution in [1.29, 1.82) is 0 Å². The molecule has 3 aromatic carbocycles. The molecule has 0 aromatic heterocycles. The normalized spacial score (nSPS) is 15.0. The molecular formula is C31H40N4O. The summed E-state index contributed by atoms with van der Waals surface area (Å²) in [5, 5.41) is 3.50. The van der Waals surface area contributed by atoms with Crippen molar-refractivity contribution in [3.8, 4) is 11.1 Å². The third kappa shape index (κ3) is 5.06. The molecule has 190 valence electrons. The van der Waals surface area contributed by atoms with E-state index in [4.69, 9.17) is 5.73 Å². The average Bonchev–Trinajstić information content (AvgIpc) is 2.93. The summed E-state index contributed by atoms with van der Waals surface area (Å²) < 4.78 is 0. The van der Waals surface area contributed by atoms with Gasteiger partial charge in [0.25, 0.3) is 0 Å². The monoisotopic (exact) mass is 484 g/mol. The maximum atomic E-state index is 13.4. The molecule has 1 saturated heterocycles. The van der Waals surface area contributed by atoms with Gasteiger partial charge in [-0.2, -0.15) is 0 Å². The molecule has 1 heterocycles. The number of hydrogen-bond acceptors (Lipinski definition) is 4. The number of benzene rings is 3. The molecule has 0 saturated carbocycles. The number of nitrogen functional groups attached to an aromatic ring is 1. The summed E-state index contributed by atoms with van der Waals surface area (Å²) in [5.41, 5.74) is 16.3. The Kier molecular flexibility index (Phi) is 7.58. The van der Waals surface area contributed by atoms with Crippen LogP contribution in [0.5, 0.6) is 0 Å². The molecule has 0 radical (unpaired) electrons. The second-order valence-corrected chi connectivity index (χ2v) is 10.2. The van der Waals surface area contributed by atoms with Crippen LogP contribution in [0.4, 0.5) is 17.1 Å². The lowest BCUT2D eigenvalue weighted by Gasteiger charge is -2.39. The Hall–Kier alpha value is -3.47. The van der Waals surface area contributed by atoms with Crippen molar-refractivity contribution in [3.05, 3.63) is 76.9 Å². The summed E-state index contributed by atoms with van der Waals surface area (Å²) >= 11 is 0. The van der Waals surface area contributed by atoms with E-state index >= 15 is 0 Å². The molecule has 1 unspecified atom stereocenters. The molecule has 3 aromatic rings. The fourth-order valence-electron chi connectivity index (χ4n) is 5.33. The van der Waals surface area contributed by atoms with Gasteiger partial charge in [0.2, 0.25) is 5.91 Å². The van der Waals surface area contributed by atoms with Crippen molar-refractivity contribution < 1.29 is 4.79 Å². The van der Waals surface area contributed by atoms with Gasteiger partial charge in [-0.3, -0.25) is 4.79 Å². The second kappa shape index (κ2) is 10.7. The van der Waals surface area contributed by atoms with Crippen molar-refractivity contribution >= 4 is 23.0 Å². The van der Waals surface area contributed by atoms with E-state index in [9.17, 15) is 4.79 Å². The van der Waals surface area contributed by atoms with Crippen LogP contribution >= 0.6 is 0 Å². The van der Waals surface area contributed by atoms with Gasteiger partial charge in [0, 0.05) is 43.2 Å². The van der Waals surface area contributed by atoms with E-state index in [1.54, 1.807) is 0 Å². The number of likely N-dealkylation sites (N-methyl/N-ethyl adjacent to an activating group) is 1. The molecule has 1 amide bonds. The minimum Gasteiger partial charge on any atom is -0.398 e. The Morgan fingerprint density at radius 1 is 0.889 bits per heavy atom. The molecule has 5 nitrogen and oxygen atoms in total. The first-order valence-electron chi connectivity index (χ1n) is 13.0. The topological polar surface area (TPSA) is 61.6 Å². The van der Waals surface area contributed by atoms with Gasteiger partial charge in [0.05, 0.1) is 0 Å². The predicted octanol–water partition coefficient (Wildman–Crippen LogP) is 6.10. The number of piperidine rings is 1. The molecular weight excluding hydrogens is 444 g/mol. The zero-order valence-corrected chi connectivity index (χ0v) is 22.6. The molecule has 4 rings (SSSR count). The maximum Gasteiger partial charge on any atom is 0.244 e. The van der Waals surface area contributed by atoms with Gasteiger partial charge in [0.1, 0.15) is 6.04 Å². The van der Waals surface area contributed by atoms with Crippen molar-refractivity contribution in [1.82, 2.24) is 4.90 Å². The number of nitrogens with one attached hydrogen (secondary N) is 1. The van der Waals surface area contributed by atoms with Gasteiger partial charge in [-0.25, -0.2) is 0 Å². The van der Waals surface area contributed by atoms with E-state index in [0.29, 0.717) is 0 Å². The van der Waals surface area contributed by atoms with E-state index in [2.05, 4.69) is 72.6 Å². The smallest absolute Gasteiger partial charge is 0.244 e. The van der Waals surface area contributed by atoms with Crippen LogP contribution in [-0.4, -0.2) is 43.0 Å². The number of anilines is 3. The lowest BCUT2D eigenvalue weighted by Crippen LogP contribution is -2.49. The van der Waals surface area contributed by atoms with E-state index in [1.807, 2.05) is 38.8 Å². The van der Waals surface area contributed by atoms with E-state index in [-0.39, 0.29) is 18.0 Å². The van der Waals surface area contributed by atoms with Crippen molar-refractivity contribution in [2.75, 3.05) is 36.1 Å². The lowest BCUT2D eigenvalue weighted by molar-refractivity contribution is -0.132. The first kappa shape index (κ1) is 25.6. The van der Waals surface area contributed by atoms with Gasteiger partial charge >= 0.3 is 0 Å². The Morgan fingerprint density at radius 2 is 1.42 bits per heavy atom. The van der Waals surface area contributed by atoms with Gasteiger partial charge < -0.3 is 20.9 Å². The average molecular weight is 485 g/mol. The number of hydrogen-bond donors (Lipinski definition) is 2. The van der Waals surface area contributed by atoms with Gasteiger partial charge in [-0.05, 0) is 93.0 Å². The third-order valence-corrected chi connectivity index (χ3v) is 8.11. The fourth-order valence-corrected chi connectivity index (χ4v) is 5.33. The van der Waals surface area contributed by atoms with Crippen molar-refractivity contribution in [3.63, 3.8) is 0 Å². The summed E-state index contributed by atoms with van der Waals surface area (Å²) in [7, 11) is 1.95. The highest BCUT2D eigenvalue weighted by Gasteiger charge is 2.28. The van der Waals surface area contributed by atoms with Gasteiger partial charge in [0.15, 0.2) is 0 Å². The van der Waals surface area contributed by atoms with Crippen LogP contribution in [0.25, 0.3) is 11.1 Å². The number of carbonyl (C=O) groups is 1. The molecule has 1 fully saturated rings. The number of amides is 1. The van der Waals surface area contributed by atoms with Crippen LogP contribution in [-0.2, 0) is 4.79 Å². The quantitative estimate of drug-likeness (QED) is 0.415. The van der Waals surface area contributed by atoms with Crippen LogP contribution in [0.1, 0.15) is 42.0 Å². The van der Waals surface area contributed by atoms with Crippen LogP contribution < -0.4 is 16.0 Å². The SMILES string of the molecule is Cc1c(C)c(NC(C)C(=O)N(C)C2CCN(c3ccc(-c4ccccc4)cc3)CC2)c(C)c(C)c1N. The molecule has 36 heavy (non-hydrogen) atoms. The summed E-state index contributed by atoms with van der Waals surface area (Å²) in [5.74, 6) is 0.131. The van der Waals surface area contributed by atoms with E-state index in [1.165, 1.54) is 16.8 Å². The molecule has 1 aliphatic heterocycles. The highest BCUT2D eigenvalue weighted by atomic mass is 16.2. The summed E-state index contributed by atoms with van der Waals surface area (Å²) in [6.45, 7) is 12.1. The van der Waals surface area contributed by atoms with Crippen LogP contribution in [0.2, 0.25) is 0 Å². The zero-order chi connectivity index (χ0) is 26.0. The first-order valence-corrected chi connectivity index (χ1v) is 13.0. The minimum atomic E-state index is -0.307. The molecule has 1 aliphatic rings. The second-order valence-electron chi connectivity index (χ2n) is 10.2. The maximum absolute atomic E-state index is 13.4. The van der Waals surface area contributed by atoms with Gasteiger partial charge in [-0.1, -0.05) is 42.5 Å². The number of nitrogens with zero attached hydrogens (tertiary/aromatic N) is 2. The largest absolute Gasteiger partial charge is 0.398 e. The van der Waals surface area contributed by atoms with Crippen molar-refractivity contribution in [2.24, 2.45) is 0 Å². The molecule has 1 atom stereocenters. The fraction of sp³-hybridized carbons (Fsp3) is 0.387. The molecule has 0 bridgehead atoms. The lowest BCUT2D eigenvalue weighted by atomic mass is 9.95. The van der Waals surface area contributed by atoms with Crippen LogP contribution in [0.15, 0.2) is 54.6 Å². The molecule has 0 spiro atoms. The predicted molar refractivity (Wildman–Crippen MR) is 153 cm³/mol. The molecule has 3 N–H and O–H groups in total. The Balaban J connectivity index is 1.36. The van der Waals surface area contributed by atoms with Crippen molar-refractivity contribution in [2.45, 2.75) is 59.5 Å². The Morgan fingerprint density at radius 3 is 1.97 bits per heavy atom. The highest BCUT2D eigenvalue weighted by molar-refractivity contribution is 5.86. The standard InChI is InChI=1S/C31H40N4O/c1-20-22(3)30(23(4)21(2)29(20)32)33-24(5)31(36)34(6)27-16-18-35(19-17-27)28-14-12-26(13-15-28)25-10-8-7-9-11-25/h7-15,24,27,33H,16-19,32H2,1-6H3. The summed E-state index contributed by atoms with van der Waals surface area (Å²) in [6, 6.07) is 19.2. The Labute approximate surface area is 216 Å². The van der Waals surface area contributed by atoms with E-state index < -0.39 is 0 Å². The molecule has 0 aliphatic carbocycles.